The number of H-pyrrole nitrogens is 1. The molecular weight excluding hydrogens is 220 g/mol. The van der Waals surface area contributed by atoms with Gasteiger partial charge in [0.25, 0.3) is 0 Å². The van der Waals surface area contributed by atoms with Crippen LogP contribution in [0.25, 0.3) is 10.9 Å². The van der Waals surface area contributed by atoms with E-state index in [2.05, 4.69) is 55.3 Å². The second-order valence-electron chi connectivity index (χ2n) is 5.05. The normalized spacial score (nSPS) is 12.2. The molecule has 0 fully saturated rings. The summed E-state index contributed by atoms with van der Waals surface area (Å²) in [5.74, 6) is 0. The highest BCUT2D eigenvalue weighted by atomic mass is 15.0. The van der Waals surface area contributed by atoms with E-state index in [1.165, 1.54) is 35.7 Å². The molecule has 1 aromatic heterocycles. The van der Waals surface area contributed by atoms with Crippen molar-refractivity contribution in [2.45, 2.75) is 52.1 Å². The van der Waals surface area contributed by atoms with Gasteiger partial charge in [-0.25, -0.2) is 0 Å². The molecule has 2 rings (SSSR count). The number of hydrogen-bond acceptors (Lipinski definition) is 1. The van der Waals surface area contributed by atoms with Crippen molar-refractivity contribution >= 4 is 10.9 Å². The zero-order chi connectivity index (χ0) is 13.0. The van der Waals surface area contributed by atoms with E-state index >= 15 is 0 Å². The molecule has 1 aromatic carbocycles. The predicted molar refractivity (Wildman–Crippen MR) is 78.7 cm³/mol. The van der Waals surface area contributed by atoms with Gasteiger partial charge in [-0.05, 0) is 37.0 Å². The number of nitrogens with one attached hydrogen (secondary N) is 2. The number of hydrogen-bond donors (Lipinski definition) is 2. The van der Waals surface area contributed by atoms with Crippen LogP contribution in [0.1, 0.15) is 45.6 Å². The predicted octanol–water partition coefficient (Wildman–Crippen LogP) is 4.23. The van der Waals surface area contributed by atoms with Gasteiger partial charge in [-0.15, -0.1) is 0 Å². The Balaban J connectivity index is 2.17. The summed E-state index contributed by atoms with van der Waals surface area (Å²) in [6.07, 6.45) is 5.57. The quantitative estimate of drug-likeness (QED) is 0.782. The second kappa shape index (κ2) is 5.57. The molecule has 0 amide bonds. The lowest BCUT2D eigenvalue weighted by Crippen LogP contribution is -2.43. The zero-order valence-corrected chi connectivity index (χ0v) is 11.7. The Labute approximate surface area is 110 Å². The summed E-state index contributed by atoms with van der Waals surface area (Å²) < 4.78 is 0. The van der Waals surface area contributed by atoms with E-state index in [-0.39, 0.29) is 0 Å². The minimum atomic E-state index is 0.290. The Morgan fingerprint density at radius 2 is 1.78 bits per heavy atom. The molecule has 0 aliphatic heterocycles. The summed E-state index contributed by atoms with van der Waals surface area (Å²) in [4.78, 5) is 3.27. The minimum absolute atomic E-state index is 0.290. The van der Waals surface area contributed by atoms with Gasteiger partial charge in [0.05, 0.1) is 0 Å². The molecule has 98 valence electrons. The first kappa shape index (κ1) is 13.2. The van der Waals surface area contributed by atoms with Crippen LogP contribution in [-0.4, -0.2) is 10.5 Å². The number of benzene rings is 1. The Morgan fingerprint density at radius 3 is 2.44 bits per heavy atom. The van der Waals surface area contributed by atoms with Crippen LogP contribution < -0.4 is 5.32 Å². The van der Waals surface area contributed by atoms with Crippen LogP contribution in [0.3, 0.4) is 0 Å². The van der Waals surface area contributed by atoms with E-state index in [4.69, 9.17) is 0 Å². The van der Waals surface area contributed by atoms with Crippen LogP contribution in [0.15, 0.2) is 30.5 Å². The third-order valence-electron chi connectivity index (χ3n) is 4.37. The van der Waals surface area contributed by atoms with E-state index in [1.54, 1.807) is 0 Å². The highest BCUT2D eigenvalue weighted by molar-refractivity contribution is 5.82. The Bertz CT molecular complexity index is 486. The van der Waals surface area contributed by atoms with Gasteiger partial charge in [-0.3, -0.25) is 0 Å². The molecule has 2 heteroatoms. The molecular formula is C16H24N2. The molecule has 2 N–H and O–H groups in total. The summed E-state index contributed by atoms with van der Waals surface area (Å²) in [6, 6.07) is 8.64. The fraction of sp³-hybridized carbons (Fsp3) is 0.500. The molecule has 0 spiro atoms. The standard InChI is InChI=1S/C16H24N2/c1-4-16(5-2,6-3)18-12-13-8-7-9-15-14(13)10-11-17-15/h7-11,17-18H,4-6,12H2,1-3H3. The van der Waals surface area contributed by atoms with Crippen molar-refractivity contribution < 1.29 is 0 Å². The van der Waals surface area contributed by atoms with Crippen LogP contribution in [0, 0.1) is 0 Å². The molecule has 0 aliphatic rings. The summed E-state index contributed by atoms with van der Waals surface area (Å²) >= 11 is 0. The lowest BCUT2D eigenvalue weighted by molar-refractivity contribution is 0.288. The number of rotatable bonds is 6. The largest absolute Gasteiger partial charge is 0.361 e. The molecule has 0 aliphatic carbocycles. The average Bonchev–Trinajstić information content (AvgIpc) is 2.90. The van der Waals surface area contributed by atoms with E-state index < -0.39 is 0 Å². The van der Waals surface area contributed by atoms with Crippen LogP contribution in [0.4, 0.5) is 0 Å². The summed E-state index contributed by atoms with van der Waals surface area (Å²) in [5, 5.41) is 5.10. The topological polar surface area (TPSA) is 27.8 Å². The monoisotopic (exact) mass is 244 g/mol. The van der Waals surface area contributed by atoms with Gasteiger partial charge in [0.1, 0.15) is 0 Å². The van der Waals surface area contributed by atoms with E-state index in [0.717, 1.165) is 6.54 Å². The fourth-order valence-corrected chi connectivity index (χ4v) is 2.71. The third kappa shape index (κ3) is 2.44. The maximum Gasteiger partial charge on any atom is 0.0457 e. The second-order valence-corrected chi connectivity index (χ2v) is 5.05. The molecule has 2 nitrogen and oxygen atoms in total. The van der Waals surface area contributed by atoms with Crippen LogP contribution >= 0.6 is 0 Å². The minimum Gasteiger partial charge on any atom is -0.361 e. The first-order valence-corrected chi connectivity index (χ1v) is 7.04. The smallest absolute Gasteiger partial charge is 0.0457 e. The van der Waals surface area contributed by atoms with Crippen molar-refractivity contribution in [3.05, 3.63) is 36.0 Å². The molecule has 0 bridgehead atoms. The fourth-order valence-electron chi connectivity index (χ4n) is 2.71. The van der Waals surface area contributed by atoms with Crippen molar-refractivity contribution in [1.29, 1.82) is 0 Å². The van der Waals surface area contributed by atoms with E-state index in [9.17, 15) is 0 Å². The summed E-state index contributed by atoms with van der Waals surface area (Å²) in [7, 11) is 0. The van der Waals surface area contributed by atoms with Crippen molar-refractivity contribution in [1.82, 2.24) is 10.3 Å². The molecule has 0 saturated carbocycles. The van der Waals surface area contributed by atoms with Gasteiger partial charge in [0, 0.05) is 29.2 Å². The molecule has 0 atom stereocenters. The van der Waals surface area contributed by atoms with E-state index in [1.807, 2.05) is 6.20 Å². The Morgan fingerprint density at radius 1 is 1.06 bits per heavy atom. The molecule has 2 aromatic rings. The Kier molecular flexibility index (Phi) is 4.07. The number of aromatic nitrogens is 1. The summed E-state index contributed by atoms with van der Waals surface area (Å²) in [5.41, 5.74) is 2.90. The maximum absolute atomic E-state index is 3.77. The van der Waals surface area contributed by atoms with Gasteiger partial charge < -0.3 is 10.3 Å². The van der Waals surface area contributed by atoms with Crippen LogP contribution in [-0.2, 0) is 6.54 Å². The third-order valence-corrected chi connectivity index (χ3v) is 4.37. The molecule has 18 heavy (non-hydrogen) atoms. The molecule has 0 unspecified atom stereocenters. The number of aromatic amines is 1. The van der Waals surface area contributed by atoms with Crippen molar-refractivity contribution in [3.63, 3.8) is 0 Å². The molecule has 0 radical (unpaired) electrons. The van der Waals surface area contributed by atoms with Crippen molar-refractivity contribution in [2.75, 3.05) is 0 Å². The van der Waals surface area contributed by atoms with Crippen molar-refractivity contribution in [2.24, 2.45) is 0 Å². The maximum atomic E-state index is 3.77. The van der Waals surface area contributed by atoms with Crippen LogP contribution in [0.2, 0.25) is 0 Å². The van der Waals surface area contributed by atoms with Gasteiger partial charge in [-0.2, -0.15) is 0 Å². The summed E-state index contributed by atoms with van der Waals surface area (Å²) in [6.45, 7) is 7.77. The highest BCUT2D eigenvalue weighted by Crippen LogP contribution is 2.22. The van der Waals surface area contributed by atoms with Gasteiger partial charge >= 0.3 is 0 Å². The lowest BCUT2D eigenvalue weighted by atomic mass is 9.89. The highest BCUT2D eigenvalue weighted by Gasteiger charge is 2.22. The molecule has 1 heterocycles. The van der Waals surface area contributed by atoms with Crippen LogP contribution in [0.5, 0.6) is 0 Å². The molecule has 0 saturated heterocycles. The first-order valence-electron chi connectivity index (χ1n) is 7.04. The average molecular weight is 244 g/mol. The SMILES string of the molecule is CCC(CC)(CC)NCc1cccc2[nH]ccc12. The van der Waals surface area contributed by atoms with Gasteiger partial charge in [0.15, 0.2) is 0 Å². The Hall–Kier alpha value is -1.28. The zero-order valence-electron chi connectivity index (χ0n) is 11.7. The first-order chi connectivity index (χ1) is 8.74. The lowest BCUT2D eigenvalue weighted by Gasteiger charge is -2.32. The van der Waals surface area contributed by atoms with Gasteiger partial charge in [0.2, 0.25) is 0 Å². The van der Waals surface area contributed by atoms with E-state index in [0.29, 0.717) is 5.54 Å². The number of fused-ring (bicyclic) bond motifs is 1. The van der Waals surface area contributed by atoms with Crippen molar-refractivity contribution in [3.8, 4) is 0 Å². The van der Waals surface area contributed by atoms with Gasteiger partial charge in [-0.1, -0.05) is 32.9 Å².